The van der Waals surface area contributed by atoms with Crippen LogP contribution in [0.5, 0.6) is 11.5 Å². The third-order valence-corrected chi connectivity index (χ3v) is 6.94. The van der Waals surface area contributed by atoms with E-state index in [1.165, 1.54) is 77.0 Å². The van der Waals surface area contributed by atoms with Gasteiger partial charge < -0.3 is 19.3 Å². The zero-order valence-electron chi connectivity index (χ0n) is 24.5. The van der Waals surface area contributed by atoms with Crippen LogP contribution >= 0.6 is 0 Å². The van der Waals surface area contributed by atoms with Gasteiger partial charge in [0.2, 0.25) is 0 Å². The predicted molar refractivity (Wildman–Crippen MR) is 160 cm³/mol. The maximum absolute atomic E-state index is 12.5. The molecular formula is C34H50O6. The molecule has 0 fully saturated rings. The summed E-state index contributed by atoms with van der Waals surface area (Å²) in [7, 11) is 0. The molecule has 0 atom stereocenters. The molecule has 40 heavy (non-hydrogen) atoms. The second-order valence-corrected chi connectivity index (χ2v) is 10.4. The SMILES string of the molecule is CCCCCCCCCCCCCCCOc1ccc(C(=O)Oc2ccc(C(=O)OCCCCCO)cc2)cc1. The Morgan fingerprint density at radius 1 is 0.550 bits per heavy atom. The lowest BCUT2D eigenvalue weighted by Gasteiger charge is -2.08. The van der Waals surface area contributed by atoms with E-state index >= 15 is 0 Å². The van der Waals surface area contributed by atoms with Gasteiger partial charge in [0.05, 0.1) is 24.3 Å². The number of aliphatic hydroxyl groups excluding tert-OH is 1. The number of esters is 2. The van der Waals surface area contributed by atoms with Crippen molar-refractivity contribution in [2.24, 2.45) is 0 Å². The van der Waals surface area contributed by atoms with Gasteiger partial charge in [-0.05, 0) is 74.2 Å². The molecule has 0 heterocycles. The Kier molecular flexibility index (Phi) is 18.3. The quantitative estimate of drug-likeness (QED) is 0.0840. The Labute approximate surface area is 241 Å². The largest absolute Gasteiger partial charge is 0.494 e. The fourth-order valence-corrected chi connectivity index (χ4v) is 4.46. The first-order valence-electron chi connectivity index (χ1n) is 15.5. The average molecular weight is 555 g/mol. The Hall–Kier alpha value is -2.86. The van der Waals surface area contributed by atoms with Crippen LogP contribution in [0.25, 0.3) is 0 Å². The van der Waals surface area contributed by atoms with Crippen molar-refractivity contribution in [3.05, 3.63) is 59.7 Å². The number of hydrogen-bond acceptors (Lipinski definition) is 6. The van der Waals surface area contributed by atoms with Crippen LogP contribution in [0.1, 0.15) is 130 Å². The standard InChI is InChI=1S/C34H50O6/c1-2-3-4-5-6-7-8-9-10-11-12-13-16-27-38-31-22-18-30(19-23-31)34(37)40-32-24-20-29(21-25-32)33(36)39-28-17-14-15-26-35/h18-25,35H,2-17,26-28H2,1H3. The number of carbonyl (C=O) groups excluding carboxylic acids is 2. The number of aliphatic hydroxyl groups is 1. The second-order valence-electron chi connectivity index (χ2n) is 10.4. The van der Waals surface area contributed by atoms with Gasteiger partial charge in [0.1, 0.15) is 11.5 Å². The van der Waals surface area contributed by atoms with Gasteiger partial charge in [-0.25, -0.2) is 9.59 Å². The average Bonchev–Trinajstić information content (AvgIpc) is 2.97. The van der Waals surface area contributed by atoms with Gasteiger partial charge in [0.15, 0.2) is 0 Å². The molecule has 6 nitrogen and oxygen atoms in total. The van der Waals surface area contributed by atoms with Crippen molar-refractivity contribution in [3.63, 3.8) is 0 Å². The minimum absolute atomic E-state index is 0.144. The van der Waals surface area contributed by atoms with Crippen LogP contribution in [0.15, 0.2) is 48.5 Å². The van der Waals surface area contributed by atoms with Crippen molar-refractivity contribution in [3.8, 4) is 11.5 Å². The first-order valence-corrected chi connectivity index (χ1v) is 15.5. The zero-order chi connectivity index (χ0) is 28.7. The molecule has 1 N–H and O–H groups in total. The van der Waals surface area contributed by atoms with E-state index in [9.17, 15) is 9.59 Å². The van der Waals surface area contributed by atoms with E-state index < -0.39 is 11.9 Å². The Morgan fingerprint density at radius 3 is 1.55 bits per heavy atom. The summed E-state index contributed by atoms with van der Waals surface area (Å²) >= 11 is 0. The van der Waals surface area contributed by atoms with Gasteiger partial charge in [-0.2, -0.15) is 0 Å². The van der Waals surface area contributed by atoms with Crippen LogP contribution in [0, 0.1) is 0 Å². The van der Waals surface area contributed by atoms with Crippen LogP contribution in [-0.2, 0) is 4.74 Å². The summed E-state index contributed by atoms with van der Waals surface area (Å²) in [5, 5.41) is 8.78. The van der Waals surface area contributed by atoms with E-state index in [-0.39, 0.29) is 6.61 Å². The highest BCUT2D eigenvalue weighted by atomic mass is 16.5. The van der Waals surface area contributed by atoms with Gasteiger partial charge in [0, 0.05) is 6.61 Å². The molecule has 0 unspecified atom stereocenters. The van der Waals surface area contributed by atoms with Crippen LogP contribution < -0.4 is 9.47 Å². The maximum Gasteiger partial charge on any atom is 0.343 e. The Morgan fingerprint density at radius 2 is 1.00 bits per heavy atom. The molecule has 0 saturated carbocycles. The molecule has 222 valence electrons. The normalized spacial score (nSPS) is 10.8. The van der Waals surface area contributed by atoms with Crippen LogP contribution in [0.4, 0.5) is 0 Å². The Bertz CT molecular complexity index is 922. The molecule has 0 aromatic heterocycles. The van der Waals surface area contributed by atoms with Crippen molar-refractivity contribution in [2.75, 3.05) is 19.8 Å². The summed E-state index contributed by atoms with van der Waals surface area (Å²) in [5.74, 6) is 0.209. The molecule has 0 radical (unpaired) electrons. The van der Waals surface area contributed by atoms with Crippen molar-refractivity contribution >= 4 is 11.9 Å². The molecule has 0 aliphatic rings. The first kappa shape index (κ1) is 33.3. The van der Waals surface area contributed by atoms with Gasteiger partial charge in [0.25, 0.3) is 0 Å². The molecule has 0 aliphatic carbocycles. The van der Waals surface area contributed by atoms with Crippen molar-refractivity contribution in [1.29, 1.82) is 0 Å². The van der Waals surface area contributed by atoms with E-state index in [0.29, 0.717) is 42.9 Å². The van der Waals surface area contributed by atoms with Crippen molar-refractivity contribution < 1.29 is 28.9 Å². The third kappa shape index (κ3) is 15.1. The minimum Gasteiger partial charge on any atom is -0.494 e. The fourth-order valence-electron chi connectivity index (χ4n) is 4.46. The molecular weight excluding hydrogens is 504 g/mol. The van der Waals surface area contributed by atoms with Crippen molar-refractivity contribution in [1.82, 2.24) is 0 Å². The highest BCUT2D eigenvalue weighted by Crippen LogP contribution is 2.18. The second kappa shape index (κ2) is 21.9. The molecule has 0 bridgehead atoms. The zero-order valence-corrected chi connectivity index (χ0v) is 24.5. The molecule has 6 heteroatoms. The number of carbonyl (C=O) groups is 2. The molecule has 2 aromatic carbocycles. The molecule has 2 aromatic rings. The third-order valence-electron chi connectivity index (χ3n) is 6.94. The lowest BCUT2D eigenvalue weighted by atomic mass is 10.0. The number of hydrogen-bond donors (Lipinski definition) is 1. The van der Waals surface area contributed by atoms with Gasteiger partial charge in [-0.15, -0.1) is 0 Å². The lowest BCUT2D eigenvalue weighted by molar-refractivity contribution is 0.0496. The summed E-state index contributed by atoms with van der Waals surface area (Å²) < 4.78 is 16.5. The Balaban J connectivity index is 1.55. The molecule has 0 amide bonds. The monoisotopic (exact) mass is 554 g/mol. The van der Waals surface area contributed by atoms with Crippen LogP contribution in [0.3, 0.4) is 0 Å². The summed E-state index contributed by atoms with van der Waals surface area (Å²) in [6, 6.07) is 13.3. The maximum atomic E-state index is 12.5. The lowest BCUT2D eigenvalue weighted by Crippen LogP contribution is -2.09. The number of ether oxygens (including phenoxy) is 3. The summed E-state index contributed by atoms with van der Waals surface area (Å²) in [6.07, 6.45) is 19.4. The first-order chi connectivity index (χ1) is 19.6. The number of unbranched alkanes of at least 4 members (excludes halogenated alkanes) is 14. The molecule has 0 aliphatic heterocycles. The summed E-state index contributed by atoms with van der Waals surface area (Å²) in [5.41, 5.74) is 0.826. The van der Waals surface area contributed by atoms with Crippen LogP contribution in [-0.4, -0.2) is 36.9 Å². The molecule has 0 saturated heterocycles. The van der Waals surface area contributed by atoms with E-state index in [1.807, 2.05) is 0 Å². The highest BCUT2D eigenvalue weighted by molar-refractivity contribution is 5.92. The number of rotatable bonds is 23. The summed E-state index contributed by atoms with van der Waals surface area (Å²) in [4.78, 5) is 24.6. The van der Waals surface area contributed by atoms with E-state index in [1.54, 1.807) is 48.5 Å². The minimum atomic E-state index is -0.470. The van der Waals surface area contributed by atoms with E-state index in [2.05, 4.69) is 6.92 Å². The van der Waals surface area contributed by atoms with Gasteiger partial charge >= 0.3 is 11.9 Å². The van der Waals surface area contributed by atoms with Crippen molar-refractivity contribution in [2.45, 2.75) is 110 Å². The smallest absolute Gasteiger partial charge is 0.343 e. The summed E-state index contributed by atoms with van der Waals surface area (Å²) in [6.45, 7) is 3.40. The fraction of sp³-hybridized carbons (Fsp3) is 0.588. The highest BCUT2D eigenvalue weighted by Gasteiger charge is 2.11. The van der Waals surface area contributed by atoms with E-state index in [0.717, 1.165) is 18.6 Å². The molecule has 0 spiro atoms. The van der Waals surface area contributed by atoms with Gasteiger partial charge in [-0.3, -0.25) is 0 Å². The van der Waals surface area contributed by atoms with E-state index in [4.69, 9.17) is 19.3 Å². The topological polar surface area (TPSA) is 82.1 Å². The van der Waals surface area contributed by atoms with Crippen LogP contribution in [0.2, 0.25) is 0 Å². The number of benzene rings is 2. The molecule has 2 rings (SSSR count). The predicted octanol–water partition coefficient (Wildman–Crippen LogP) is 8.70. The van der Waals surface area contributed by atoms with Gasteiger partial charge in [-0.1, -0.05) is 84.0 Å².